The number of hydrogen-bond acceptors (Lipinski definition) is 6. The van der Waals surface area contributed by atoms with Crippen molar-refractivity contribution < 1.29 is 22.7 Å². The summed E-state index contributed by atoms with van der Waals surface area (Å²) in [4.78, 5) is 17.9. The molecule has 0 aliphatic heterocycles. The molecule has 8 nitrogen and oxygen atoms in total. The van der Waals surface area contributed by atoms with E-state index in [0.717, 1.165) is 10.2 Å². The highest BCUT2D eigenvalue weighted by atomic mass is 32.2. The van der Waals surface area contributed by atoms with Crippen molar-refractivity contribution in [3.05, 3.63) is 78.1 Å². The largest absolute Gasteiger partial charge is 0.495 e. The van der Waals surface area contributed by atoms with E-state index in [4.69, 9.17) is 9.47 Å². The summed E-state index contributed by atoms with van der Waals surface area (Å²) in [5.41, 5.74) is 1.13. The lowest BCUT2D eigenvalue weighted by molar-refractivity contribution is 0.0996. The first-order valence-corrected chi connectivity index (χ1v) is 13.3. The number of benzene rings is 2. The number of sulfonamides is 1. The van der Waals surface area contributed by atoms with Gasteiger partial charge in [0.15, 0.2) is 4.80 Å². The summed E-state index contributed by atoms with van der Waals surface area (Å²) in [5.74, 6) is 0.209. The van der Waals surface area contributed by atoms with Crippen molar-refractivity contribution in [2.45, 2.75) is 18.4 Å². The molecular formula is C25H29N3O5S2. The summed E-state index contributed by atoms with van der Waals surface area (Å²) in [6, 6.07) is 11.5. The summed E-state index contributed by atoms with van der Waals surface area (Å²) in [6.45, 7) is 11.0. The average molecular weight is 516 g/mol. The van der Waals surface area contributed by atoms with E-state index >= 15 is 0 Å². The number of fused-ring (bicyclic) bond motifs is 1. The van der Waals surface area contributed by atoms with Crippen LogP contribution in [0.25, 0.3) is 10.2 Å². The monoisotopic (exact) mass is 515 g/mol. The molecule has 0 saturated carbocycles. The molecule has 3 rings (SSSR count). The minimum Gasteiger partial charge on any atom is -0.495 e. The predicted octanol–water partition coefficient (Wildman–Crippen LogP) is 3.85. The molecule has 1 aromatic heterocycles. The third kappa shape index (κ3) is 5.96. The number of para-hydroxylation sites is 1. The fraction of sp³-hybridized carbons (Fsp3) is 0.280. The standard InChI is InChI=1S/C25H29N3O5S2/c1-5-15-27(16-6-2)35(30,31)20-13-11-19(12-14-20)24(29)26-25-28(17-18-33-7-3)23-21(32-4)9-8-10-22(23)34-25/h5-6,8-14H,1-2,7,15-18H2,3-4H3. The van der Waals surface area contributed by atoms with E-state index in [1.165, 1.54) is 52.1 Å². The fourth-order valence-corrected chi connectivity index (χ4v) is 5.94. The van der Waals surface area contributed by atoms with Gasteiger partial charge in [0.05, 0.1) is 23.3 Å². The number of ether oxygens (including phenoxy) is 2. The number of nitrogens with zero attached hydrogens (tertiary/aromatic N) is 3. The number of aromatic nitrogens is 1. The highest BCUT2D eigenvalue weighted by Crippen LogP contribution is 2.27. The quantitative estimate of drug-likeness (QED) is 0.270. The summed E-state index contributed by atoms with van der Waals surface area (Å²) in [7, 11) is -2.15. The third-order valence-electron chi connectivity index (χ3n) is 5.15. The molecule has 3 aromatic rings. The molecule has 0 aliphatic carbocycles. The number of hydrogen-bond donors (Lipinski definition) is 0. The number of rotatable bonds is 12. The van der Waals surface area contributed by atoms with Gasteiger partial charge in [-0.15, -0.1) is 13.2 Å². The zero-order valence-corrected chi connectivity index (χ0v) is 21.5. The maximum Gasteiger partial charge on any atom is 0.279 e. The molecule has 0 N–H and O–H groups in total. The van der Waals surface area contributed by atoms with Crippen LogP contribution >= 0.6 is 11.3 Å². The third-order valence-corrected chi connectivity index (χ3v) is 8.04. The van der Waals surface area contributed by atoms with Crippen molar-refractivity contribution >= 4 is 37.5 Å². The van der Waals surface area contributed by atoms with Crippen molar-refractivity contribution in [2.24, 2.45) is 4.99 Å². The molecule has 186 valence electrons. The van der Waals surface area contributed by atoms with Gasteiger partial charge in [0.1, 0.15) is 11.3 Å². The minimum atomic E-state index is -3.75. The molecule has 35 heavy (non-hydrogen) atoms. The lowest BCUT2D eigenvalue weighted by atomic mass is 10.2. The predicted molar refractivity (Wildman–Crippen MR) is 138 cm³/mol. The van der Waals surface area contributed by atoms with Crippen molar-refractivity contribution in [3.63, 3.8) is 0 Å². The van der Waals surface area contributed by atoms with Crippen molar-refractivity contribution in [1.29, 1.82) is 0 Å². The second-order valence-corrected chi connectivity index (χ2v) is 10.3. The Kier molecular flexibility index (Phi) is 9.16. The smallest absolute Gasteiger partial charge is 0.279 e. The van der Waals surface area contributed by atoms with Crippen molar-refractivity contribution in [3.8, 4) is 5.75 Å². The van der Waals surface area contributed by atoms with Crippen LogP contribution in [0.3, 0.4) is 0 Å². The van der Waals surface area contributed by atoms with Gasteiger partial charge < -0.3 is 14.0 Å². The van der Waals surface area contributed by atoms with E-state index in [1.54, 1.807) is 7.11 Å². The van der Waals surface area contributed by atoms with Gasteiger partial charge in [-0.3, -0.25) is 4.79 Å². The van der Waals surface area contributed by atoms with Gasteiger partial charge in [-0.1, -0.05) is 29.6 Å². The molecule has 0 unspecified atom stereocenters. The molecule has 0 saturated heterocycles. The Hall–Kier alpha value is -3.05. The SMILES string of the molecule is C=CCN(CC=C)S(=O)(=O)c1ccc(C(=O)N=c2sc3cccc(OC)c3n2CCOCC)cc1. The number of amides is 1. The Morgan fingerprint density at radius 1 is 1.14 bits per heavy atom. The van der Waals surface area contributed by atoms with Crippen molar-refractivity contribution in [2.75, 3.05) is 33.4 Å². The van der Waals surface area contributed by atoms with E-state index in [2.05, 4.69) is 18.2 Å². The van der Waals surface area contributed by atoms with Crippen LogP contribution in [0.2, 0.25) is 0 Å². The number of thiazole rings is 1. The first kappa shape index (κ1) is 26.6. The molecular weight excluding hydrogens is 486 g/mol. The van der Waals surface area contributed by atoms with Crippen LogP contribution in [0.15, 0.2) is 77.7 Å². The highest BCUT2D eigenvalue weighted by molar-refractivity contribution is 7.89. The number of carbonyl (C=O) groups is 1. The fourth-order valence-electron chi connectivity index (χ4n) is 3.48. The second kappa shape index (κ2) is 12.1. The number of methoxy groups -OCH3 is 1. The van der Waals surface area contributed by atoms with Gasteiger partial charge in [-0.05, 0) is 43.3 Å². The normalized spacial score (nSPS) is 12.3. The van der Waals surface area contributed by atoms with Crippen LogP contribution < -0.4 is 9.54 Å². The Balaban J connectivity index is 1.98. The molecule has 1 heterocycles. The lowest BCUT2D eigenvalue weighted by Crippen LogP contribution is -2.31. The Morgan fingerprint density at radius 3 is 2.43 bits per heavy atom. The van der Waals surface area contributed by atoms with E-state index in [1.807, 2.05) is 29.7 Å². The van der Waals surface area contributed by atoms with Gasteiger partial charge >= 0.3 is 0 Å². The summed E-state index contributed by atoms with van der Waals surface area (Å²) in [6.07, 6.45) is 3.03. The van der Waals surface area contributed by atoms with Crippen LogP contribution in [-0.4, -0.2) is 56.6 Å². The zero-order chi connectivity index (χ0) is 25.4. The molecule has 10 heteroatoms. The van der Waals surface area contributed by atoms with Gasteiger partial charge in [0, 0.05) is 31.8 Å². The first-order chi connectivity index (χ1) is 16.9. The molecule has 2 aromatic carbocycles. The average Bonchev–Trinajstić information content (AvgIpc) is 3.21. The Morgan fingerprint density at radius 2 is 1.83 bits per heavy atom. The maximum atomic E-state index is 13.0. The highest BCUT2D eigenvalue weighted by Gasteiger charge is 2.22. The summed E-state index contributed by atoms with van der Waals surface area (Å²) in [5, 5.41) is 0. The van der Waals surface area contributed by atoms with Gasteiger partial charge in [0.25, 0.3) is 5.91 Å². The molecule has 1 amide bonds. The molecule has 0 spiro atoms. The van der Waals surface area contributed by atoms with Crippen LogP contribution in [0.4, 0.5) is 0 Å². The van der Waals surface area contributed by atoms with E-state index in [0.29, 0.717) is 30.3 Å². The lowest BCUT2D eigenvalue weighted by Gasteiger charge is -2.19. The molecule has 0 aliphatic rings. The molecule has 0 atom stereocenters. The Bertz CT molecular complexity index is 1360. The van der Waals surface area contributed by atoms with E-state index in [-0.39, 0.29) is 23.5 Å². The maximum absolute atomic E-state index is 13.0. The van der Waals surface area contributed by atoms with Crippen LogP contribution in [0.1, 0.15) is 17.3 Å². The minimum absolute atomic E-state index is 0.0797. The van der Waals surface area contributed by atoms with Gasteiger partial charge in [-0.25, -0.2) is 8.42 Å². The van der Waals surface area contributed by atoms with Crippen molar-refractivity contribution in [1.82, 2.24) is 8.87 Å². The van der Waals surface area contributed by atoms with Crippen LogP contribution in [-0.2, 0) is 21.3 Å². The second-order valence-electron chi connectivity index (χ2n) is 7.38. The number of carbonyl (C=O) groups excluding carboxylic acids is 1. The van der Waals surface area contributed by atoms with Gasteiger partial charge in [-0.2, -0.15) is 9.30 Å². The van der Waals surface area contributed by atoms with Gasteiger partial charge in [0.2, 0.25) is 10.0 Å². The summed E-state index contributed by atoms with van der Waals surface area (Å²) < 4.78 is 40.9. The zero-order valence-electron chi connectivity index (χ0n) is 19.8. The first-order valence-electron chi connectivity index (χ1n) is 11.0. The van der Waals surface area contributed by atoms with E-state index < -0.39 is 15.9 Å². The Labute approximate surface area is 209 Å². The van der Waals surface area contributed by atoms with E-state index in [9.17, 15) is 13.2 Å². The topological polar surface area (TPSA) is 90.2 Å². The molecule has 0 radical (unpaired) electrons. The molecule has 0 bridgehead atoms. The van der Waals surface area contributed by atoms with Crippen LogP contribution in [0.5, 0.6) is 5.75 Å². The van der Waals surface area contributed by atoms with Crippen LogP contribution in [0, 0.1) is 0 Å². The molecule has 0 fully saturated rings. The summed E-state index contributed by atoms with van der Waals surface area (Å²) >= 11 is 1.38.